The van der Waals surface area contributed by atoms with E-state index in [1.807, 2.05) is 6.92 Å². The monoisotopic (exact) mass is 292 g/mol. The van der Waals surface area contributed by atoms with Crippen LogP contribution in [0.5, 0.6) is 5.75 Å². The lowest BCUT2D eigenvalue weighted by Gasteiger charge is -2.08. The van der Waals surface area contributed by atoms with Crippen molar-refractivity contribution in [3.8, 4) is 5.75 Å². The summed E-state index contributed by atoms with van der Waals surface area (Å²) < 4.78 is 5.34. The first kappa shape index (κ1) is 14.1. The van der Waals surface area contributed by atoms with E-state index in [2.05, 4.69) is 15.3 Å². The number of aromatic nitrogens is 2. The number of anilines is 2. The molecule has 0 aliphatic rings. The predicted octanol–water partition coefficient (Wildman–Crippen LogP) is 2.36. The van der Waals surface area contributed by atoms with E-state index in [0.29, 0.717) is 29.4 Å². The van der Waals surface area contributed by atoms with Gasteiger partial charge < -0.3 is 15.8 Å². The van der Waals surface area contributed by atoms with Crippen LogP contribution in [-0.4, -0.2) is 22.5 Å². The summed E-state index contributed by atoms with van der Waals surface area (Å²) in [4.78, 5) is 19.7. The minimum Gasteiger partial charge on any atom is -0.494 e. The first-order chi connectivity index (χ1) is 9.58. The van der Waals surface area contributed by atoms with Gasteiger partial charge in [-0.1, -0.05) is 11.6 Å². The van der Waals surface area contributed by atoms with E-state index < -0.39 is 0 Å². The Hall–Kier alpha value is -2.34. The molecule has 2 rings (SSSR count). The molecule has 0 saturated carbocycles. The Balaban J connectivity index is 2.20. The number of rotatable bonds is 4. The van der Waals surface area contributed by atoms with Crippen molar-refractivity contribution in [2.45, 2.75) is 6.92 Å². The molecule has 1 aromatic heterocycles. The zero-order valence-corrected chi connectivity index (χ0v) is 11.5. The fourth-order valence-electron chi connectivity index (χ4n) is 1.59. The molecule has 0 bridgehead atoms. The van der Waals surface area contributed by atoms with Gasteiger partial charge in [-0.3, -0.25) is 4.79 Å². The number of carbonyl (C=O) groups excluding carboxylic acids is 1. The highest BCUT2D eigenvalue weighted by molar-refractivity contribution is 6.29. The lowest BCUT2D eigenvalue weighted by Crippen LogP contribution is -2.13. The maximum Gasteiger partial charge on any atom is 0.257 e. The van der Waals surface area contributed by atoms with Gasteiger partial charge in [0, 0.05) is 23.4 Å². The third kappa shape index (κ3) is 3.58. The third-order valence-electron chi connectivity index (χ3n) is 2.38. The number of carbonyl (C=O) groups is 1. The van der Waals surface area contributed by atoms with Crippen molar-refractivity contribution in [2.24, 2.45) is 0 Å². The van der Waals surface area contributed by atoms with E-state index in [1.165, 1.54) is 12.4 Å². The summed E-state index contributed by atoms with van der Waals surface area (Å²) in [6.07, 6.45) is 1.27. The maximum absolute atomic E-state index is 12.1. The number of benzene rings is 1. The van der Waals surface area contributed by atoms with Gasteiger partial charge >= 0.3 is 0 Å². The van der Waals surface area contributed by atoms with Crippen LogP contribution in [0.3, 0.4) is 0 Å². The second-order valence-electron chi connectivity index (χ2n) is 3.90. The molecule has 3 N–H and O–H groups in total. The summed E-state index contributed by atoms with van der Waals surface area (Å²) in [6, 6.07) is 6.27. The molecule has 1 heterocycles. The Morgan fingerprint density at radius 2 is 2.15 bits per heavy atom. The molecule has 2 aromatic rings. The molecule has 0 atom stereocenters. The third-order valence-corrected chi connectivity index (χ3v) is 2.58. The van der Waals surface area contributed by atoms with Gasteiger partial charge in [0.2, 0.25) is 0 Å². The normalized spacial score (nSPS) is 10.1. The van der Waals surface area contributed by atoms with E-state index in [4.69, 9.17) is 22.1 Å². The van der Waals surface area contributed by atoms with Crippen molar-refractivity contribution >= 4 is 29.0 Å². The maximum atomic E-state index is 12.1. The molecule has 0 saturated heterocycles. The molecular weight excluding hydrogens is 280 g/mol. The van der Waals surface area contributed by atoms with Gasteiger partial charge in [-0.25, -0.2) is 9.97 Å². The van der Waals surface area contributed by atoms with E-state index in [-0.39, 0.29) is 11.1 Å². The number of nitrogen functional groups attached to an aromatic ring is 1. The Labute approximate surface area is 120 Å². The second-order valence-corrected chi connectivity index (χ2v) is 4.29. The highest BCUT2D eigenvalue weighted by atomic mass is 35.5. The lowest BCUT2D eigenvalue weighted by atomic mass is 10.1. The van der Waals surface area contributed by atoms with Crippen molar-refractivity contribution in [3.63, 3.8) is 0 Å². The molecule has 6 nitrogen and oxygen atoms in total. The molecule has 0 spiro atoms. The second kappa shape index (κ2) is 6.21. The largest absolute Gasteiger partial charge is 0.494 e. The number of halogens is 1. The molecular formula is C13H13ClN4O2. The van der Waals surface area contributed by atoms with Crippen molar-refractivity contribution in [3.05, 3.63) is 41.3 Å². The van der Waals surface area contributed by atoms with Crippen LogP contribution in [0.25, 0.3) is 0 Å². The quantitative estimate of drug-likeness (QED) is 0.667. The summed E-state index contributed by atoms with van der Waals surface area (Å²) in [6.45, 7) is 2.35. The van der Waals surface area contributed by atoms with Gasteiger partial charge in [0.25, 0.3) is 5.91 Å². The Morgan fingerprint density at radius 1 is 1.35 bits per heavy atom. The van der Waals surface area contributed by atoms with E-state index in [1.54, 1.807) is 18.2 Å². The molecule has 0 radical (unpaired) electrons. The number of ether oxygens (including phenoxy) is 1. The van der Waals surface area contributed by atoms with E-state index in [9.17, 15) is 4.79 Å². The summed E-state index contributed by atoms with van der Waals surface area (Å²) in [5, 5.41) is 2.86. The lowest BCUT2D eigenvalue weighted by molar-refractivity contribution is 0.102. The molecule has 7 heteroatoms. The molecule has 20 heavy (non-hydrogen) atoms. The van der Waals surface area contributed by atoms with Gasteiger partial charge in [0.1, 0.15) is 23.0 Å². The molecule has 1 aromatic carbocycles. The minimum absolute atomic E-state index is 0.248. The fourth-order valence-corrected chi connectivity index (χ4v) is 1.74. The first-order valence-electron chi connectivity index (χ1n) is 5.90. The fraction of sp³-hybridized carbons (Fsp3) is 0.154. The number of hydrogen-bond donors (Lipinski definition) is 2. The highest BCUT2D eigenvalue weighted by Crippen LogP contribution is 2.20. The highest BCUT2D eigenvalue weighted by Gasteiger charge is 2.10. The summed E-state index contributed by atoms with van der Waals surface area (Å²) in [5.41, 5.74) is 6.56. The molecule has 0 unspecified atom stereocenters. The van der Waals surface area contributed by atoms with Crippen LogP contribution in [0, 0.1) is 0 Å². The molecule has 0 fully saturated rings. The van der Waals surface area contributed by atoms with Crippen LogP contribution >= 0.6 is 11.6 Å². The molecule has 1 amide bonds. The average molecular weight is 293 g/mol. The molecule has 104 valence electrons. The van der Waals surface area contributed by atoms with Crippen LogP contribution in [0.15, 0.2) is 30.6 Å². The minimum atomic E-state index is -0.354. The number of amides is 1. The first-order valence-corrected chi connectivity index (χ1v) is 6.28. The van der Waals surface area contributed by atoms with Gasteiger partial charge in [-0.2, -0.15) is 0 Å². The van der Waals surface area contributed by atoms with Gasteiger partial charge in [-0.15, -0.1) is 0 Å². The predicted molar refractivity (Wildman–Crippen MR) is 77.0 cm³/mol. The van der Waals surface area contributed by atoms with Crippen LogP contribution in [0.1, 0.15) is 17.3 Å². The zero-order valence-electron chi connectivity index (χ0n) is 10.8. The Kier molecular flexibility index (Phi) is 4.37. The number of nitrogens with one attached hydrogen (secondary N) is 1. The standard InChI is InChI=1S/C13H13ClN4O2/c1-2-20-10-4-8(3-9(15)5-10)13(19)18-12-6-11(14)16-7-17-12/h3-7H,2,15H2,1H3,(H,16,17,18,19). The smallest absolute Gasteiger partial charge is 0.257 e. The summed E-state index contributed by atoms with van der Waals surface area (Å²) in [7, 11) is 0. The SMILES string of the molecule is CCOc1cc(N)cc(C(=O)Nc2cc(Cl)ncn2)c1. The van der Waals surface area contributed by atoms with E-state index in [0.717, 1.165) is 0 Å². The Bertz CT molecular complexity index is 634. The Morgan fingerprint density at radius 3 is 2.85 bits per heavy atom. The summed E-state index contributed by atoms with van der Waals surface area (Å²) >= 11 is 5.72. The van der Waals surface area contributed by atoms with Crippen molar-refractivity contribution < 1.29 is 9.53 Å². The van der Waals surface area contributed by atoms with Gasteiger partial charge in [0.05, 0.1) is 6.61 Å². The van der Waals surface area contributed by atoms with Gasteiger partial charge in [0.15, 0.2) is 0 Å². The van der Waals surface area contributed by atoms with Gasteiger partial charge in [-0.05, 0) is 19.1 Å². The van der Waals surface area contributed by atoms with Crippen LogP contribution in [0.2, 0.25) is 5.15 Å². The van der Waals surface area contributed by atoms with Crippen molar-refractivity contribution in [1.82, 2.24) is 9.97 Å². The molecule has 0 aliphatic heterocycles. The van der Waals surface area contributed by atoms with Crippen molar-refractivity contribution in [2.75, 3.05) is 17.7 Å². The number of nitrogens with two attached hydrogens (primary N) is 1. The topological polar surface area (TPSA) is 90.1 Å². The van der Waals surface area contributed by atoms with E-state index >= 15 is 0 Å². The average Bonchev–Trinajstić information content (AvgIpc) is 2.38. The van der Waals surface area contributed by atoms with Crippen LogP contribution in [-0.2, 0) is 0 Å². The van der Waals surface area contributed by atoms with Crippen molar-refractivity contribution in [1.29, 1.82) is 0 Å². The number of hydrogen-bond acceptors (Lipinski definition) is 5. The number of nitrogens with zero attached hydrogens (tertiary/aromatic N) is 2. The summed E-state index contributed by atoms with van der Waals surface area (Å²) in [5.74, 6) is 0.502. The van der Waals surface area contributed by atoms with Crippen LogP contribution < -0.4 is 15.8 Å². The zero-order chi connectivity index (χ0) is 14.5. The molecule has 0 aliphatic carbocycles. The van der Waals surface area contributed by atoms with Crippen LogP contribution in [0.4, 0.5) is 11.5 Å².